The van der Waals surface area contributed by atoms with E-state index < -0.39 is 11.7 Å². The van der Waals surface area contributed by atoms with Gasteiger partial charge in [-0.3, -0.25) is 4.99 Å². The molecule has 100 valence electrons. The van der Waals surface area contributed by atoms with Crippen LogP contribution < -0.4 is 16.4 Å². The molecule has 0 saturated carbocycles. The Morgan fingerprint density at radius 2 is 2.17 bits per heavy atom. The van der Waals surface area contributed by atoms with Gasteiger partial charge in [-0.05, 0) is 12.1 Å². The first-order chi connectivity index (χ1) is 8.45. The molecule has 0 aliphatic rings. The van der Waals surface area contributed by atoms with Crippen LogP contribution in [-0.2, 0) is 6.18 Å². The van der Waals surface area contributed by atoms with Gasteiger partial charge in [-0.1, -0.05) is 0 Å². The molecule has 1 aromatic heterocycles. The highest BCUT2D eigenvalue weighted by atomic mass is 19.4. The van der Waals surface area contributed by atoms with Gasteiger partial charge in [-0.2, -0.15) is 13.2 Å². The summed E-state index contributed by atoms with van der Waals surface area (Å²) in [5.74, 6) is 0.0349. The third kappa shape index (κ3) is 4.11. The van der Waals surface area contributed by atoms with Crippen LogP contribution in [0.5, 0.6) is 0 Å². The molecule has 0 radical (unpaired) electrons. The molecule has 0 spiro atoms. The standard InChI is InChI=1S/C10H14F3N5/c1-15-9(14)18-6-5-17-8-7(10(11,12)13)3-2-4-16-8/h2-4H,5-6H2,1H3,(H,16,17)(H3,14,15,18). The average Bonchev–Trinajstić information content (AvgIpc) is 2.33. The van der Waals surface area contributed by atoms with Gasteiger partial charge in [0, 0.05) is 26.3 Å². The van der Waals surface area contributed by atoms with Crippen molar-refractivity contribution >= 4 is 11.8 Å². The van der Waals surface area contributed by atoms with Gasteiger partial charge in [-0.15, -0.1) is 0 Å². The Morgan fingerprint density at radius 1 is 1.44 bits per heavy atom. The third-order valence-corrected chi connectivity index (χ3v) is 2.08. The molecule has 4 N–H and O–H groups in total. The second kappa shape index (κ2) is 6.08. The summed E-state index contributed by atoms with van der Waals surface area (Å²) in [5, 5.41) is 5.31. The number of aliphatic imine (C=N–C) groups is 1. The van der Waals surface area contributed by atoms with E-state index in [1.807, 2.05) is 0 Å². The lowest BCUT2D eigenvalue weighted by molar-refractivity contribution is -0.137. The summed E-state index contributed by atoms with van der Waals surface area (Å²) < 4.78 is 37.8. The fourth-order valence-corrected chi connectivity index (χ4v) is 1.23. The number of aromatic nitrogens is 1. The summed E-state index contributed by atoms with van der Waals surface area (Å²) in [6.45, 7) is 0.591. The molecule has 0 aliphatic carbocycles. The molecule has 0 saturated heterocycles. The first kappa shape index (κ1) is 14.1. The number of nitrogens with one attached hydrogen (secondary N) is 2. The Balaban J connectivity index is 2.58. The number of anilines is 1. The molecule has 0 amide bonds. The molecule has 1 aromatic rings. The zero-order chi connectivity index (χ0) is 13.6. The van der Waals surface area contributed by atoms with Gasteiger partial charge < -0.3 is 16.4 Å². The SMILES string of the molecule is CN=C(N)NCCNc1ncccc1C(F)(F)F. The smallest absolute Gasteiger partial charge is 0.370 e. The number of hydrogen-bond acceptors (Lipinski definition) is 3. The highest BCUT2D eigenvalue weighted by Crippen LogP contribution is 2.33. The molecule has 1 rings (SSSR count). The summed E-state index contributed by atoms with van der Waals surface area (Å²) in [6, 6.07) is 2.22. The summed E-state index contributed by atoms with van der Waals surface area (Å²) in [4.78, 5) is 7.31. The molecule has 0 unspecified atom stereocenters. The number of rotatable bonds is 4. The van der Waals surface area contributed by atoms with Crippen molar-refractivity contribution in [1.82, 2.24) is 10.3 Å². The lowest BCUT2D eigenvalue weighted by Gasteiger charge is -2.13. The summed E-state index contributed by atoms with van der Waals surface area (Å²) in [5.41, 5.74) is 4.58. The Morgan fingerprint density at radius 3 is 2.78 bits per heavy atom. The van der Waals surface area contributed by atoms with E-state index in [-0.39, 0.29) is 18.3 Å². The van der Waals surface area contributed by atoms with Crippen LogP contribution in [0.25, 0.3) is 0 Å². The van der Waals surface area contributed by atoms with Gasteiger partial charge in [0.05, 0.1) is 5.56 Å². The lowest BCUT2D eigenvalue weighted by atomic mass is 10.2. The normalized spacial score (nSPS) is 12.3. The van der Waals surface area contributed by atoms with Gasteiger partial charge >= 0.3 is 6.18 Å². The van der Waals surface area contributed by atoms with Crippen LogP contribution in [0.15, 0.2) is 23.3 Å². The van der Waals surface area contributed by atoms with E-state index in [9.17, 15) is 13.2 Å². The molecule has 0 fully saturated rings. The van der Waals surface area contributed by atoms with Crippen molar-refractivity contribution in [2.24, 2.45) is 10.7 Å². The Hall–Kier alpha value is -1.99. The quantitative estimate of drug-likeness (QED) is 0.430. The van der Waals surface area contributed by atoms with Gasteiger partial charge in [0.1, 0.15) is 5.82 Å². The molecular formula is C10H14F3N5. The molecule has 5 nitrogen and oxygen atoms in total. The second-order valence-corrected chi connectivity index (χ2v) is 3.36. The predicted octanol–water partition coefficient (Wildman–Crippen LogP) is 1.05. The second-order valence-electron chi connectivity index (χ2n) is 3.36. The average molecular weight is 261 g/mol. The van der Waals surface area contributed by atoms with Gasteiger partial charge in [0.15, 0.2) is 5.96 Å². The molecule has 18 heavy (non-hydrogen) atoms. The number of nitrogens with zero attached hydrogens (tertiary/aromatic N) is 2. The molecule has 0 aliphatic heterocycles. The molecule has 0 aromatic carbocycles. The maximum absolute atomic E-state index is 12.6. The number of halogens is 3. The van der Waals surface area contributed by atoms with Crippen LogP contribution in [-0.4, -0.2) is 31.1 Å². The number of hydrogen-bond donors (Lipinski definition) is 3. The molecule has 0 atom stereocenters. The van der Waals surface area contributed by atoms with Gasteiger partial charge in [-0.25, -0.2) is 4.98 Å². The van der Waals surface area contributed by atoms with E-state index in [1.54, 1.807) is 0 Å². The zero-order valence-corrected chi connectivity index (χ0v) is 9.75. The molecule has 1 heterocycles. The van der Waals surface area contributed by atoms with Crippen molar-refractivity contribution in [3.05, 3.63) is 23.9 Å². The van der Waals surface area contributed by atoms with Crippen LogP contribution >= 0.6 is 0 Å². The number of pyridine rings is 1. The number of nitrogens with two attached hydrogens (primary N) is 1. The highest BCUT2D eigenvalue weighted by Gasteiger charge is 2.33. The fourth-order valence-electron chi connectivity index (χ4n) is 1.23. The molecule has 0 bridgehead atoms. The minimum absolute atomic E-state index is 0.196. The molecular weight excluding hydrogens is 247 g/mol. The third-order valence-electron chi connectivity index (χ3n) is 2.08. The maximum atomic E-state index is 12.6. The number of alkyl halides is 3. The van der Waals surface area contributed by atoms with Crippen LogP contribution in [0.1, 0.15) is 5.56 Å². The van der Waals surface area contributed by atoms with Crippen molar-refractivity contribution in [2.75, 3.05) is 25.5 Å². The first-order valence-electron chi connectivity index (χ1n) is 5.17. The lowest BCUT2D eigenvalue weighted by Crippen LogP contribution is -2.35. The van der Waals surface area contributed by atoms with Crippen molar-refractivity contribution < 1.29 is 13.2 Å². The van der Waals surface area contributed by atoms with Crippen molar-refractivity contribution in [2.45, 2.75) is 6.18 Å². The summed E-state index contributed by atoms with van der Waals surface area (Å²) in [6.07, 6.45) is -3.12. The molecule has 8 heteroatoms. The summed E-state index contributed by atoms with van der Waals surface area (Å²) in [7, 11) is 1.51. The minimum Gasteiger partial charge on any atom is -0.370 e. The highest BCUT2D eigenvalue weighted by molar-refractivity contribution is 5.77. The van der Waals surface area contributed by atoms with Crippen molar-refractivity contribution in [1.29, 1.82) is 0 Å². The van der Waals surface area contributed by atoms with Crippen molar-refractivity contribution in [3.63, 3.8) is 0 Å². The zero-order valence-electron chi connectivity index (χ0n) is 9.75. The number of guanidine groups is 1. The van der Waals surface area contributed by atoms with E-state index in [1.165, 1.54) is 19.3 Å². The fraction of sp³-hybridized carbons (Fsp3) is 0.400. The van der Waals surface area contributed by atoms with E-state index in [0.717, 1.165) is 6.07 Å². The Labute approximate surface area is 102 Å². The minimum atomic E-state index is -4.42. The largest absolute Gasteiger partial charge is 0.419 e. The topological polar surface area (TPSA) is 75.3 Å². The van der Waals surface area contributed by atoms with E-state index in [4.69, 9.17) is 5.73 Å². The monoisotopic (exact) mass is 261 g/mol. The predicted molar refractivity (Wildman–Crippen MR) is 63.3 cm³/mol. The van der Waals surface area contributed by atoms with Gasteiger partial charge in [0.25, 0.3) is 0 Å². The van der Waals surface area contributed by atoms with E-state index in [2.05, 4.69) is 20.6 Å². The maximum Gasteiger partial charge on any atom is 0.419 e. The van der Waals surface area contributed by atoms with Crippen LogP contribution in [0.4, 0.5) is 19.0 Å². The van der Waals surface area contributed by atoms with E-state index >= 15 is 0 Å². The van der Waals surface area contributed by atoms with Gasteiger partial charge in [0.2, 0.25) is 0 Å². The van der Waals surface area contributed by atoms with Crippen molar-refractivity contribution in [3.8, 4) is 0 Å². The Kier molecular flexibility index (Phi) is 4.75. The summed E-state index contributed by atoms with van der Waals surface area (Å²) >= 11 is 0. The first-order valence-corrected chi connectivity index (χ1v) is 5.17. The van der Waals surface area contributed by atoms with Crippen LogP contribution in [0, 0.1) is 0 Å². The van der Waals surface area contributed by atoms with Crippen LogP contribution in [0.3, 0.4) is 0 Å². The Bertz CT molecular complexity index is 416. The van der Waals surface area contributed by atoms with Crippen LogP contribution in [0.2, 0.25) is 0 Å². The van der Waals surface area contributed by atoms with E-state index in [0.29, 0.717) is 6.54 Å².